The Labute approximate surface area is 593 Å². The Bertz CT molecular complexity index is 2380. The highest BCUT2D eigenvalue weighted by atomic mass is 31.2. The van der Waals surface area contributed by atoms with Gasteiger partial charge >= 0.3 is 39.5 Å². The van der Waals surface area contributed by atoms with Crippen LogP contribution in [-0.4, -0.2) is 96.7 Å². The van der Waals surface area contributed by atoms with Crippen molar-refractivity contribution < 1.29 is 80.2 Å². The van der Waals surface area contributed by atoms with Gasteiger partial charge in [0.2, 0.25) is 0 Å². The molecule has 0 saturated carbocycles. The van der Waals surface area contributed by atoms with Crippen LogP contribution in [-0.2, 0) is 65.4 Å². The van der Waals surface area contributed by atoms with Crippen molar-refractivity contribution in [3.05, 3.63) is 134 Å². The molecule has 0 aliphatic rings. The molecule has 0 aromatic heterocycles. The van der Waals surface area contributed by atoms with E-state index in [0.717, 1.165) is 173 Å². The van der Waals surface area contributed by atoms with E-state index >= 15 is 0 Å². The van der Waals surface area contributed by atoms with Gasteiger partial charge in [-0.3, -0.25) is 37.3 Å². The normalized spacial score (nSPS) is 14.7. The minimum atomic E-state index is -4.99. The molecular weight excluding hydrogens is 1280 g/mol. The monoisotopic (exact) mass is 1410 g/mol. The van der Waals surface area contributed by atoms with Crippen LogP contribution in [0.2, 0.25) is 0 Å². The molecule has 0 bridgehead atoms. The number of aliphatic hydroxyl groups excluding tert-OH is 1. The largest absolute Gasteiger partial charge is 0.472 e. The fourth-order valence-corrected chi connectivity index (χ4v) is 11.0. The van der Waals surface area contributed by atoms with Crippen molar-refractivity contribution in [2.24, 2.45) is 0 Å². The lowest BCUT2D eigenvalue weighted by Crippen LogP contribution is -2.30. The number of allylic oxidation sites excluding steroid dienone is 22. The van der Waals surface area contributed by atoms with E-state index in [1.807, 2.05) is 12.2 Å². The second kappa shape index (κ2) is 70.6. The number of hydrogen-bond donors (Lipinski definition) is 3. The molecule has 5 atom stereocenters. The molecule has 0 aliphatic carbocycles. The molecule has 0 aliphatic heterocycles. The van der Waals surface area contributed by atoms with Gasteiger partial charge in [0.15, 0.2) is 12.2 Å². The van der Waals surface area contributed by atoms with E-state index in [4.69, 9.17) is 37.0 Å². The van der Waals surface area contributed by atoms with Gasteiger partial charge in [0.05, 0.1) is 26.4 Å². The second-order valence-corrected chi connectivity index (χ2v) is 27.4. The first-order valence-electron chi connectivity index (χ1n) is 37.4. The van der Waals surface area contributed by atoms with Gasteiger partial charge in [0.1, 0.15) is 19.3 Å². The molecule has 98 heavy (non-hydrogen) atoms. The standard InChI is InChI=1S/C79H132O17P2/c1-5-9-13-17-21-25-29-33-35-36-38-42-44-48-52-56-60-64-77(82)90-70-75(96-79(84)66-62-58-54-50-46-40-32-28-24-20-16-12-8-4)72-94-98(87,88)92-68-73(80)67-91-97(85,86)93-71-74(95-78(83)65-61-57-53-49-45-39-31-27-23-19-15-11-7-3)69-89-76(81)63-59-55-51-47-43-41-37-34-30-26-22-18-14-10-6-2/h9-10,13-14,16,20-22,25-28,31-35,37-38,42,48,52,73-75,80H,5-8,11-12,15,17-19,23-24,29-30,36,39-41,43-47,49-51,53-72H2,1-4H3,(H,85,86)(H,87,88)/b13-9-,14-10-,20-16-,25-21-,26-22-,31-27-,32-28-,35-33-,37-34-,42-38-,52-48-. The van der Waals surface area contributed by atoms with Gasteiger partial charge in [-0.25, -0.2) is 9.13 Å². The van der Waals surface area contributed by atoms with Gasteiger partial charge in [0.25, 0.3) is 0 Å². The average molecular weight is 1420 g/mol. The number of unbranched alkanes of at least 4 members (excludes halogenated alkanes) is 21. The van der Waals surface area contributed by atoms with Crippen LogP contribution in [0.3, 0.4) is 0 Å². The molecule has 0 spiro atoms. The Morgan fingerprint density at radius 3 is 0.908 bits per heavy atom. The van der Waals surface area contributed by atoms with E-state index in [0.29, 0.717) is 32.1 Å². The molecular formula is C79H132O17P2. The van der Waals surface area contributed by atoms with E-state index in [9.17, 15) is 43.2 Å². The summed E-state index contributed by atoms with van der Waals surface area (Å²) in [5.41, 5.74) is 0. The van der Waals surface area contributed by atoms with Crippen molar-refractivity contribution in [1.82, 2.24) is 0 Å². The van der Waals surface area contributed by atoms with E-state index in [2.05, 4.69) is 149 Å². The summed E-state index contributed by atoms with van der Waals surface area (Å²) in [6.07, 6.45) is 77.4. The second-order valence-electron chi connectivity index (χ2n) is 24.5. The smallest absolute Gasteiger partial charge is 0.462 e. The SMILES string of the molecule is CC/C=C\C/C=C\C/C=C\C/C=C\C/C=C\CCCC(=O)OCC(COP(=O)(O)OCC(O)COP(=O)(O)OCC(COC(=O)CCCCCCC/C=C\C/C=C\C/C=C\CC)OC(=O)CCCCCCC/C=C\CCCCCC)OC(=O)CCCCCCC/C=C\C/C=C\CCC. The summed E-state index contributed by atoms with van der Waals surface area (Å²) in [4.78, 5) is 72.8. The Morgan fingerprint density at radius 2 is 0.561 bits per heavy atom. The first-order valence-corrected chi connectivity index (χ1v) is 40.4. The number of rotatable bonds is 69. The summed E-state index contributed by atoms with van der Waals surface area (Å²) in [5.74, 6) is -2.29. The number of hydrogen-bond acceptors (Lipinski definition) is 15. The maximum atomic E-state index is 13.1. The predicted octanol–water partition coefficient (Wildman–Crippen LogP) is 21.3. The summed E-state index contributed by atoms with van der Waals surface area (Å²) in [7, 11) is -9.98. The van der Waals surface area contributed by atoms with Crippen LogP contribution in [0.4, 0.5) is 0 Å². The highest BCUT2D eigenvalue weighted by Gasteiger charge is 2.30. The number of phosphoric ester groups is 2. The minimum absolute atomic E-state index is 0.0627. The molecule has 0 saturated heterocycles. The minimum Gasteiger partial charge on any atom is -0.462 e. The molecule has 19 heteroatoms. The van der Waals surface area contributed by atoms with Gasteiger partial charge in [-0.2, -0.15) is 0 Å². The fraction of sp³-hybridized carbons (Fsp3) is 0.671. The van der Waals surface area contributed by atoms with Crippen LogP contribution in [0.5, 0.6) is 0 Å². The Hall–Kier alpha value is -4.80. The van der Waals surface area contributed by atoms with Gasteiger partial charge in [-0.15, -0.1) is 0 Å². The molecule has 17 nitrogen and oxygen atoms in total. The van der Waals surface area contributed by atoms with Crippen molar-refractivity contribution in [2.45, 2.75) is 303 Å². The van der Waals surface area contributed by atoms with Crippen LogP contribution < -0.4 is 0 Å². The van der Waals surface area contributed by atoms with Crippen molar-refractivity contribution in [2.75, 3.05) is 39.6 Å². The lowest BCUT2D eigenvalue weighted by atomic mass is 10.1. The van der Waals surface area contributed by atoms with Gasteiger partial charge in [-0.1, -0.05) is 245 Å². The molecule has 0 heterocycles. The number of carbonyl (C=O) groups is 4. The van der Waals surface area contributed by atoms with Crippen LogP contribution in [0.15, 0.2) is 134 Å². The highest BCUT2D eigenvalue weighted by Crippen LogP contribution is 2.45. The van der Waals surface area contributed by atoms with Crippen LogP contribution in [0, 0.1) is 0 Å². The van der Waals surface area contributed by atoms with Crippen molar-refractivity contribution >= 4 is 39.5 Å². The van der Waals surface area contributed by atoms with Crippen molar-refractivity contribution in [1.29, 1.82) is 0 Å². The number of esters is 4. The molecule has 560 valence electrons. The third-order valence-corrected chi connectivity index (χ3v) is 17.0. The van der Waals surface area contributed by atoms with Crippen LogP contribution in [0.25, 0.3) is 0 Å². The van der Waals surface area contributed by atoms with Gasteiger partial charge < -0.3 is 33.8 Å². The number of phosphoric acid groups is 2. The maximum absolute atomic E-state index is 13.1. The van der Waals surface area contributed by atoms with Crippen LogP contribution in [0.1, 0.15) is 285 Å². The van der Waals surface area contributed by atoms with Crippen molar-refractivity contribution in [3.8, 4) is 0 Å². The maximum Gasteiger partial charge on any atom is 0.472 e. The first kappa shape index (κ1) is 93.2. The first-order chi connectivity index (χ1) is 47.7. The molecule has 3 N–H and O–H groups in total. The van der Waals surface area contributed by atoms with E-state index < -0.39 is 97.5 Å². The Kier molecular flexibility index (Phi) is 67.2. The van der Waals surface area contributed by atoms with Gasteiger partial charge in [-0.05, 0) is 148 Å². The van der Waals surface area contributed by atoms with E-state index in [-0.39, 0.29) is 25.7 Å². The van der Waals surface area contributed by atoms with Crippen LogP contribution >= 0.6 is 15.6 Å². The zero-order chi connectivity index (χ0) is 71.8. The third-order valence-electron chi connectivity index (χ3n) is 15.1. The number of ether oxygens (including phenoxy) is 4. The predicted molar refractivity (Wildman–Crippen MR) is 399 cm³/mol. The number of aliphatic hydroxyl groups is 1. The quantitative estimate of drug-likeness (QED) is 0.0169. The van der Waals surface area contributed by atoms with E-state index in [1.54, 1.807) is 0 Å². The lowest BCUT2D eigenvalue weighted by Gasteiger charge is -2.21. The summed E-state index contributed by atoms with van der Waals surface area (Å²) in [6.45, 7) is 4.44. The molecule has 0 radical (unpaired) electrons. The fourth-order valence-electron chi connectivity index (χ4n) is 9.42. The van der Waals surface area contributed by atoms with E-state index in [1.165, 1.54) is 25.7 Å². The summed E-state index contributed by atoms with van der Waals surface area (Å²) >= 11 is 0. The van der Waals surface area contributed by atoms with Crippen molar-refractivity contribution in [3.63, 3.8) is 0 Å². The molecule has 5 unspecified atom stereocenters. The summed E-state index contributed by atoms with van der Waals surface area (Å²) < 4.78 is 68.3. The average Bonchev–Trinajstić information content (AvgIpc) is 0.969. The number of carbonyl (C=O) groups excluding carboxylic acids is 4. The topological polar surface area (TPSA) is 237 Å². The molecule has 0 rings (SSSR count). The Morgan fingerprint density at radius 1 is 0.296 bits per heavy atom. The summed E-state index contributed by atoms with van der Waals surface area (Å²) in [6, 6.07) is 0. The zero-order valence-electron chi connectivity index (χ0n) is 60.9. The van der Waals surface area contributed by atoms with Gasteiger partial charge in [0, 0.05) is 25.7 Å². The molecule has 0 fully saturated rings. The molecule has 0 aromatic rings. The third kappa shape index (κ3) is 69.7. The molecule has 0 amide bonds. The zero-order valence-corrected chi connectivity index (χ0v) is 62.7. The molecule has 0 aromatic carbocycles. The Balaban J connectivity index is 5.42. The lowest BCUT2D eigenvalue weighted by molar-refractivity contribution is -0.161. The highest BCUT2D eigenvalue weighted by molar-refractivity contribution is 7.47. The summed E-state index contributed by atoms with van der Waals surface area (Å²) in [5, 5.41) is 10.6.